The number of carbonyl (C=O) groups excluding carboxylic acids is 2. The first-order valence-corrected chi connectivity index (χ1v) is 7.08. The number of likely N-dealkylation sites (N-methyl/N-ethyl adjacent to an activating group) is 1. The summed E-state index contributed by atoms with van der Waals surface area (Å²) in [5.41, 5.74) is 0. The summed E-state index contributed by atoms with van der Waals surface area (Å²) in [6.45, 7) is 7.33. The average Bonchev–Trinajstić information content (AvgIpc) is 2.66. The number of hydrogen-bond donors (Lipinski definition) is 1. The van der Waals surface area contributed by atoms with Gasteiger partial charge in [-0.15, -0.1) is 0 Å². The highest BCUT2D eigenvalue weighted by molar-refractivity contribution is 6.35. The number of nitrogens with zero attached hydrogens (tertiary/aromatic N) is 3. The molecule has 2 saturated heterocycles. The second-order valence-electron chi connectivity index (χ2n) is 5.51. The van der Waals surface area contributed by atoms with E-state index in [4.69, 9.17) is 0 Å². The Morgan fingerprint density at radius 1 is 1.05 bits per heavy atom. The van der Waals surface area contributed by atoms with Crippen LogP contribution in [-0.2, 0) is 9.59 Å². The lowest BCUT2D eigenvalue weighted by Gasteiger charge is -2.38. The van der Waals surface area contributed by atoms with E-state index < -0.39 is 0 Å². The van der Waals surface area contributed by atoms with Crippen LogP contribution in [0.15, 0.2) is 0 Å². The van der Waals surface area contributed by atoms with Crippen molar-refractivity contribution in [3.05, 3.63) is 0 Å². The van der Waals surface area contributed by atoms with Gasteiger partial charge in [0.15, 0.2) is 0 Å². The SMILES string of the molecule is CC1CN(C)CCN1C(=O)C(=O)N1CCCNCC1. The Bertz CT molecular complexity index is 340. The molecule has 2 amide bonds. The standard InChI is InChI=1S/C13H24N4O2/c1-11-10-15(2)8-9-17(11)13(19)12(18)16-6-3-4-14-5-7-16/h11,14H,3-10H2,1-2H3. The Balaban J connectivity index is 1.96. The lowest BCUT2D eigenvalue weighted by Crippen LogP contribution is -2.56. The second kappa shape index (κ2) is 6.34. The summed E-state index contributed by atoms with van der Waals surface area (Å²) < 4.78 is 0. The van der Waals surface area contributed by atoms with Crippen molar-refractivity contribution in [2.45, 2.75) is 19.4 Å². The van der Waals surface area contributed by atoms with Crippen LogP contribution in [0.3, 0.4) is 0 Å². The number of rotatable bonds is 0. The summed E-state index contributed by atoms with van der Waals surface area (Å²) in [5, 5.41) is 3.24. The molecular weight excluding hydrogens is 244 g/mol. The smallest absolute Gasteiger partial charge is 0.312 e. The topological polar surface area (TPSA) is 55.9 Å². The predicted octanol–water partition coefficient (Wildman–Crippen LogP) is -1.03. The first-order valence-electron chi connectivity index (χ1n) is 7.08. The van der Waals surface area contributed by atoms with Gasteiger partial charge in [-0.05, 0) is 26.9 Å². The number of amides is 2. The third-order valence-corrected chi connectivity index (χ3v) is 3.90. The molecule has 1 unspecified atom stereocenters. The van der Waals surface area contributed by atoms with E-state index in [2.05, 4.69) is 10.2 Å². The van der Waals surface area contributed by atoms with Gasteiger partial charge in [0, 0.05) is 45.3 Å². The fourth-order valence-corrected chi connectivity index (χ4v) is 2.75. The summed E-state index contributed by atoms with van der Waals surface area (Å²) >= 11 is 0. The van der Waals surface area contributed by atoms with Crippen molar-refractivity contribution in [3.63, 3.8) is 0 Å². The lowest BCUT2D eigenvalue weighted by atomic mass is 10.2. The van der Waals surface area contributed by atoms with Crippen LogP contribution in [0.25, 0.3) is 0 Å². The van der Waals surface area contributed by atoms with Gasteiger partial charge in [0.25, 0.3) is 0 Å². The van der Waals surface area contributed by atoms with Gasteiger partial charge in [0.2, 0.25) is 0 Å². The van der Waals surface area contributed by atoms with E-state index in [-0.39, 0.29) is 17.9 Å². The van der Waals surface area contributed by atoms with E-state index >= 15 is 0 Å². The molecule has 2 aliphatic rings. The molecule has 19 heavy (non-hydrogen) atoms. The van der Waals surface area contributed by atoms with E-state index in [1.165, 1.54) is 0 Å². The summed E-state index contributed by atoms with van der Waals surface area (Å²) in [4.78, 5) is 30.2. The molecule has 0 aliphatic carbocycles. The quantitative estimate of drug-likeness (QED) is 0.571. The highest BCUT2D eigenvalue weighted by Gasteiger charge is 2.32. The maximum absolute atomic E-state index is 12.3. The lowest BCUT2D eigenvalue weighted by molar-refractivity contribution is -0.154. The van der Waals surface area contributed by atoms with Crippen LogP contribution in [0.2, 0.25) is 0 Å². The number of hydrogen-bond acceptors (Lipinski definition) is 4. The first kappa shape index (κ1) is 14.3. The first-order chi connectivity index (χ1) is 9.09. The third-order valence-electron chi connectivity index (χ3n) is 3.90. The van der Waals surface area contributed by atoms with Crippen molar-refractivity contribution in [3.8, 4) is 0 Å². The highest BCUT2D eigenvalue weighted by Crippen LogP contribution is 2.10. The molecule has 0 bridgehead atoms. The molecule has 0 aromatic carbocycles. The maximum Gasteiger partial charge on any atom is 0.312 e. The molecule has 0 radical (unpaired) electrons. The van der Waals surface area contributed by atoms with E-state index in [0.717, 1.165) is 32.6 Å². The Morgan fingerprint density at radius 3 is 2.58 bits per heavy atom. The summed E-state index contributed by atoms with van der Waals surface area (Å²) in [6, 6.07) is 0.111. The van der Waals surface area contributed by atoms with Crippen molar-refractivity contribution in [1.82, 2.24) is 20.0 Å². The fraction of sp³-hybridized carbons (Fsp3) is 0.846. The minimum atomic E-state index is -0.333. The molecule has 0 aromatic rings. The molecule has 108 valence electrons. The molecule has 6 heteroatoms. The summed E-state index contributed by atoms with van der Waals surface area (Å²) in [6.07, 6.45) is 0.914. The Hall–Kier alpha value is -1.14. The van der Waals surface area contributed by atoms with Gasteiger partial charge in [-0.3, -0.25) is 9.59 Å². The van der Waals surface area contributed by atoms with Crippen LogP contribution < -0.4 is 5.32 Å². The van der Waals surface area contributed by atoms with Gasteiger partial charge < -0.3 is 20.0 Å². The molecule has 2 fully saturated rings. The summed E-state index contributed by atoms with van der Waals surface area (Å²) in [7, 11) is 2.04. The molecule has 6 nitrogen and oxygen atoms in total. The maximum atomic E-state index is 12.3. The van der Waals surface area contributed by atoms with E-state index in [1.54, 1.807) is 9.80 Å². The average molecular weight is 268 g/mol. The van der Waals surface area contributed by atoms with Crippen molar-refractivity contribution < 1.29 is 9.59 Å². The molecule has 0 spiro atoms. The molecule has 0 saturated carbocycles. The van der Waals surface area contributed by atoms with Gasteiger partial charge in [0.05, 0.1) is 0 Å². The molecular formula is C13H24N4O2. The molecule has 0 aromatic heterocycles. The summed E-state index contributed by atoms with van der Waals surface area (Å²) in [5.74, 6) is -0.664. The van der Waals surface area contributed by atoms with Gasteiger partial charge in [-0.2, -0.15) is 0 Å². The Morgan fingerprint density at radius 2 is 1.84 bits per heavy atom. The van der Waals surface area contributed by atoms with Gasteiger partial charge in [-0.25, -0.2) is 0 Å². The fourth-order valence-electron chi connectivity index (χ4n) is 2.75. The second-order valence-corrected chi connectivity index (χ2v) is 5.51. The third kappa shape index (κ3) is 3.45. The van der Waals surface area contributed by atoms with Crippen LogP contribution in [0.1, 0.15) is 13.3 Å². The van der Waals surface area contributed by atoms with Crippen LogP contribution in [-0.4, -0.2) is 85.4 Å². The highest BCUT2D eigenvalue weighted by atomic mass is 16.2. The minimum absolute atomic E-state index is 0.111. The zero-order valence-electron chi connectivity index (χ0n) is 11.9. The van der Waals surface area contributed by atoms with Gasteiger partial charge in [-0.1, -0.05) is 0 Å². The van der Waals surface area contributed by atoms with Crippen LogP contribution in [0.4, 0.5) is 0 Å². The number of nitrogens with one attached hydrogen (secondary N) is 1. The molecule has 2 aliphatic heterocycles. The van der Waals surface area contributed by atoms with Crippen molar-refractivity contribution >= 4 is 11.8 Å². The number of carbonyl (C=O) groups is 2. The predicted molar refractivity (Wildman–Crippen MR) is 72.7 cm³/mol. The van der Waals surface area contributed by atoms with Crippen molar-refractivity contribution in [2.24, 2.45) is 0 Å². The van der Waals surface area contributed by atoms with Crippen molar-refractivity contribution in [2.75, 3.05) is 52.9 Å². The van der Waals surface area contributed by atoms with Crippen LogP contribution in [0.5, 0.6) is 0 Å². The number of piperazine rings is 1. The van der Waals surface area contributed by atoms with E-state index in [1.807, 2.05) is 14.0 Å². The molecule has 2 heterocycles. The minimum Gasteiger partial charge on any atom is -0.333 e. The Labute approximate surface area is 114 Å². The molecule has 2 rings (SSSR count). The van der Waals surface area contributed by atoms with Crippen LogP contribution >= 0.6 is 0 Å². The molecule has 1 N–H and O–H groups in total. The Kier molecular flexibility index (Phi) is 4.76. The van der Waals surface area contributed by atoms with E-state index in [9.17, 15) is 9.59 Å². The van der Waals surface area contributed by atoms with Gasteiger partial charge >= 0.3 is 11.8 Å². The normalized spacial score (nSPS) is 26.1. The van der Waals surface area contributed by atoms with Crippen LogP contribution in [0, 0.1) is 0 Å². The largest absolute Gasteiger partial charge is 0.333 e. The molecule has 1 atom stereocenters. The van der Waals surface area contributed by atoms with Crippen molar-refractivity contribution in [1.29, 1.82) is 0 Å². The van der Waals surface area contributed by atoms with E-state index in [0.29, 0.717) is 19.6 Å². The van der Waals surface area contributed by atoms with Gasteiger partial charge in [0.1, 0.15) is 0 Å². The zero-order chi connectivity index (χ0) is 13.8. The zero-order valence-corrected chi connectivity index (χ0v) is 11.9. The monoisotopic (exact) mass is 268 g/mol.